The van der Waals surface area contributed by atoms with Crippen molar-refractivity contribution in [1.82, 2.24) is 0 Å². The van der Waals surface area contributed by atoms with Crippen LogP contribution >= 0.6 is 0 Å². The Labute approximate surface area is 130 Å². The van der Waals surface area contributed by atoms with Crippen molar-refractivity contribution < 1.29 is 14.6 Å². The SMILES string of the molecule is O=c1oc2ccc3ccccc3c2cc1-c1cc(O)cc(O)c1. The van der Waals surface area contributed by atoms with Gasteiger partial charge in [0, 0.05) is 11.5 Å². The Bertz CT molecular complexity index is 1090. The minimum absolute atomic E-state index is 0.114. The molecule has 0 amide bonds. The summed E-state index contributed by atoms with van der Waals surface area (Å²) in [4.78, 5) is 12.3. The molecule has 112 valence electrons. The lowest BCUT2D eigenvalue weighted by atomic mass is 10.0. The summed E-state index contributed by atoms with van der Waals surface area (Å²) < 4.78 is 5.42. The minimum Gasteiger partial charge on any atom is -0.508 e. The fraction of sp³-hybridized carbons (Fsp3) is 0. The first kappa shape index (κ1) is 13.4. The maximum Gasteiger partial charge on any atom is 0.344 e. The average molecular weight is 304 g/mol. The molecule has 0 aliphatic heterocycles. The zero-order valence-electron chi connectivity index (χ0n) is 12.0. The van der Waals surface area contributed by atoms with Crippen LogP contribution in [-0.2, 0) is 0 Å². The number of aromatic hydroxyl groups is 2. The van der Waals surface area contributed by atoms with Crippen molar-refractivity contribution >= 4 is 21.7 Å². The van der Waals surface area contributed by atoms with Crippen LogP contribution in [0, 0.1) is 0 Å². The van der Waals surface area contributed by atoms with E-state index < -0.39 is 5.63 Å². The van der Waals surface area contributed by atoms with Crippen LogP contribution in [-0.4, -0.2) is 10.2 Å². The quantitative estimate of drug-likeness (QED) is 0.411. The monoisotopic (exact) mass is 304 g/mol. The van der Waals surface area contributed by atoms with E-state index in [2.05, 4.69) is 0 Å². The smallest absolute Gasteiger partial charge is 0.344 e. The fourth-order valence-electron chi connectivity index (χ4n) is 2.82. The van der Waals surface area contributed by atoms with Crippen molar-refractivity contribution in [1.29, 1.82) is 0 Å². The van der Waals surface area contributed by atoms with E-state index in [0.717, 1.165) is 16.2 Å². The second-order valence-electron chi connectivity index (χ2n) is 5.38. The van der Waals surface area contributed by atoms with Gasteiger partial charge in [-0.15, -0.1) is 0 Å². The van der Waals surface area contributed by atoms with Gasteiger partial charge in [-0.3, -0.25) is 0 Å². The predicted molar refractivity (Wildman–Crippen MR) is 88.8 cm³/mol. The largest absolute Gasteiger partial charge is 0.508 e. The van der Waals surface area contributed by atoms with E-state index >= 15 is 0 Å². The topological polar surface area (TPSA) is 70.7 Å². The summed E-state index contributed by atoms with van der Waals surface area (Å²) in [5.41, 5.74) is 0.686. The number of fused-ring (bicyclic) bond motifs is 3. The van der Waals surface area contributed by atoms with Crippen LogP contribution in [0.2, 0.25) is 0 Å². The van der Waals surface area contributed by atoms with E-state index in [-0.39, 0.29) is 11.5 Å². The van der Waals surface area contributed by atoms with Crippen LogP contribution in [0.3, 0.4) is 0 Å². The third-order valence-electron chi connectivity index (χ3n) is 3.86. The molecule has 4 rings (SSSR count). The molecule has 0 spiro atoms. The second-order valence-corrected chi connectivity index (χ2v) is 5.38. The zero-order valence-corrected chi connectivity index (χ0v) is 12.0. The van der Waals surface area contributed by atoms with Crippen molar-refractivity contribution in [2.45, 2.75) is 0 Å². The molecule has 0 saturated carbocycles. The molecule has 4 nitrogen and oxygen atoms in total. The Morgan fingerprint density at radius 1 is 0.783 bits per heavy atom. The first-order valence-electron chi connectivity index (χ1n) is 7.11. The van der Waals surface area contributed by atoms with Crippen molar-refractivity contribution in [2.24, 2.45) is 0 Å². The molecule has 1 aromatic heterocycles. The Hall–Kier alpha value is -3.27. The molecule has 23 heavy (non-hydrogen) atoms. The number of phenols is 2. The average Bonchev–Trinajstić information content (AvgIpc) is 2.53. The van der Waals surface area contributed by atoms with Gasteiger partial charge in [-0.1, -0.05) is 30.3 Å². The van der Waals surface area contributed by atoms with Crippen LogP contribution in [0.15, 0.2) is 69.9 Å². The Balaban J connectivity index is 2.09. The van der Waals surface area contributed by atoms with Gasteiger partial charge in [0.1, 0.15) is 17.1 Å². The van der Waals surface area contributed by atoms with Gasteiger partial charge in [-0.2, -0.15) is 0 Å². The summed E-state index contributed by atoms with van der Waals surface area (Å²) in [6.45, 7) is 0. The van der Waals surface area contributed by atoms with Gasteiger partial charge >= 0.3 is 5.63 Å². The molecule has 1 heterocycles. The molecule has 0 radical (unpaired) electrons. The van der Waals surface area contributed by atoms with E-state index in [4.69, 9.17) is 4.42 Å². The third-order valence-corrected chi connectivity index (χ3v) is 3.86. The summed E-state index contributed by atoms with van der Waals surface area (Å²) in [6, 6.07) is 17.3. The predicted octanol–water partition coefficient (Wildman–Crippen LogP) is 4.02. The third kappa shape index (κ3) is 2.21. The number of phenolic OH excluding ortho intramolecular Hbond substituents is 2. The molecule has 0 aliphatic carbocycles. The van der Waals surface area contributed by atoms with Crippen LogP contribution in [0.25, 0.3) is 32.9 Å². The lowest BCUT2D eigenvalue weighted by Gasteiger charge is -2.06. The number of hydrogen-bond donors (Lipinski definition) is 2. The maximum atomic E-state index is 12.3. The van der Waals surface area contributed by atoms with Crippen LogP contribution in [0.4, 0.5) is 0 Å². The highest BCUT2D eigenvalue weighted by Crippen LogP contribution is 2.31. The van der Waals surface area contributed by atoms with Gasteiger partial charge in [0.25, 0.3) is 0 Å². The highest BCUT2D eigenvalue weighted by molar-refractivity contribution is 6.06. The molecular formula is C19H12O4. The van der Waals surface area contributed by atoms with Crippen molar-refractivity contribution in [3.63, 3.8) is 0 Å². The second kappa shape index (κ2) is 4.88. The highest BCUT2D eigenvalue weighted by Gasteiger charge is 2.11. The first-order chi connectivity index (χ1) is 11.1. The van der Waals surface area contributed by atoms with E-state index in [0.29, 0.717) is 16.7 Å². The van der Waals surface area contributed by atoms with E-state index in [1.165, 1.54) is 18.2 Å². The standard InChI is InChI=1S/C19H12O4/c20-13-7-12(8-14(21)9-13)16-10-17-15-4-2-1-3-11(15)5-6-18(17)23-19(16)22/h1-10,20-21H. The number of benzene rings is 3. The van der Waals surface area contributed by atoms with Gasteiger partial charge in [0.15, 0.2) is 0 Å². The van der Waals surface area contributed by atoms with Gasteiger partial charge in [-0.25, -0.2) is 4.79 Å². The van der Waals surface area contributed by atoms with Crippen LogP contribution in [0.5, 0.6) is 11.5 Å². The highest BCUT2D eigenvalue weighted by atomic mass is 16.4. The molecule has 0 atom stereocenters. The van der Waals surface area contributed by atoms with Gasteiger partial charge in [0.05, 0.1) is 5.56 Å². The van der Waals surface area contributed by atoms with Gasteiger partial charge < -0.3 is 14.6 Å². The normalized spacial score (nSPS) is 11.1. The van der Waals surface area contributed by atoms with E-state index in [9.17, 15) is 15.0 Å². The van der Waals surface area contributed by atoms with Crippen molar-refractivity contribution in [3.05, 3.63) is 71.1 Å². The van der Waals surface area contributed by atoms with Crippen molar-refractivity contribution in [3.8, 4) is 22.6 Å². The van der Waals surface area contributed by atoms with Gasteiger partial charge in [-0.05, 0) is 40.6 Å². The van der Waals surface area contributed by atoms with Crippen molar-refractivity contribution in [2.75, 3.05) is 0 Å². The summed E-state index contributed by atoms with van der Waals surface area (Å²) in [6.07, 6.45) is 0. The summed E-state index contributed by atoms with van der Waals surface area (Å²) in [7, 11) is 0. The molecular weight excluding hydrogens is 292 g/mol. The molecule has 0 fully saturated rings. The summed E-state index contributed by atoms with van der Waals surface area (Å²) in [5, 5.41) is 22.1. The molecule has 0 unspecified atom stereocenters. The summed E-state index contributed by atoms with van der Waals surface area (Å²) in [5.74, 6) is -0.227. The van der Waals surface area contributed by atoms with Gasteiger partial charge in [0.2, 0.25) is 0 Å². The molecule has 4 aromatic rings. The van der Waals surface area contributed by atoms with Crippen LogP contribution < -0.4 is 5.63 Å². The summed E-state index contributed by atoms with van der Waals surface area (Å²) >= 11 is 0. The zero-order chi connectivity index (χ0) is 16.0. The Morgan fingerprint density at radius 2 is 1.52 bits per heavy atom. The minimum atomic E-state index is -0.516. The van der Waals surface area contributed by atoms with Crippen LogP contribution in [0.1, 0.15) is 0 Å². The van der Waals surface area contributed by atoms with E-state index in [1.807, 2.05) is 30.3 Å². The lowest BCUT2D eigenvalue weighted by molar-refractivity contribution is 0.451. The Kier molecular flexibility index (Phi) is 2.84. The maximum absolute atomic E-state index is 12.3. The van der Waals surface area contributed by atoms with E-state index in [1.54, 1.807) is 12.1 Å². The Morgan fingerprint density at radius 3 is 2.30 bits per heavy atom. The first-order valence-corrected chi connectivity index (χ1v) is 7.11. The molecule has 0 bridgehead atoms. The molecule has 0 saturated heterocycles. The number of hydrogen-bond acceptors (Lipinski definition) is 4. The molecule has 4 heteroatoms. The molecule has 0 aliphatic rings. The fourth-order valence-corrected chi connectivity index (χ4v) is 2.82. The molecule has 3 aromatic carbocycles. The molecule has 2 N–H and O–H groups in total. The lowest BCUT2D eigenvalue weighted by Crippen LogP contribution is -2.02. The number of rotatable bonds is 1.